The Bertz CT molecular complexity index is 1970. The second kappa shape index (κ2) is 8.49. The number of benzene rings is 5. The smallest absolute Gasteiger partial charge is 0.132 e. The fourth-order valence-electron chi connectivity index (χ4n) is 6.75. The quantitative estimate of drug-likeness (QED) is 0.227. The van der Waals surface area contributed by atoms with Gasteiger partial charge in [0.2, 0.25) is 0 Å². The lowest BCUT2D eigenvalue weighted by atomic mass is 9.83. The number of anilines is 3. The van der Waals surface area contributed by atoms with Gasteiger partial charge in [-0.1, -0.05) is 105 Å². The summed E-state index contributed by atoms with van der Waals surface area (Å²) < 4.78 is 5.01. The number of hydrogen-bond donors (Lipinski definition) is 0. The van der Waals surface area contributed by atoms with E-state index >= 15 is 0 Å². The van der Waals surface area contributed by atoms with Crippen LogP contribution in [0.5, 0.6) is 0 Å². The van der Waals surface area contributed by atoms with Crippen molar-refractivity contribution < 1.29 is 0 Å². The van der Waals surface area contributed by atoms with Crippen LogP contribution in [0, 0.1) is 0 Å². The van der Waals surface area contributed by atoms with Crippen molar-refractivity contribution in [2.75, 3.05) is 4.90 Å². The van der Waals surface area contributed by atoms with E-state index in [1.54, 1.807) is 0 Å². The third kappa shape index (κ3) is 3.06. The number of hydrogen-bond acceptors (Lipinski definition) is 1. The molecule has 40 heavy (non-hydrogen) atoms. The summed E-state index contributed by atoms with van der Waals surface area (Å²) in [5.74, 6) is 1.17. The Kier molecular flexibility index (Phi) is 4.86. The second-order valence-corrected chi connectivity index (χ2v) is 11.1. The molecule has 0 saturated heterocycles. The molecule has 0 N–H and O–H groups in total. The van der Waals surface area contributed by atoms with Gasteiger partial charge in [0.15, 0.2) is 0 Å². The van der Waals surface area contributed by atoms with Crippen molar-refractivity contribution >= 4 is 39.0 Å². The molecule has 1 aliphatic rings. The van der Waals surface area contributed by atoms with Crippen LogP contribution in [0.3, 0.4) is 0 Å². The first-order valence-corrected chi connectivity index (χ1v) is 13.9. The van der Waals surface area contributed by atoms with Gasteiger partial charge in [0.05, 0.1) is 27.8 Å². The van der Waals surface area contributed by atoms with Crippen molar-refractivity contribution in [1.82, 2.24) is 9.13 Å². The van der Waals surface area contributed by atoms with Crippen molar-refractivity contribution in [3.8, 4) is 11.4 Å². The van der Waals surface area contributed by atoms with Gasteiger partial charge in [-0.3, -0.25) is 9.47 Å². The molecule has 1 aliphatic heterocycles. The molecule has 0 aliphatic carbocycles. The van der Waals surface area contributed by atoms with E-state index in [0.717, 1.165) is 11.4 Å². The minimum Gasteiger partial charge on any atom is -0.307 e. The number of rotatable bonds is 4. The molecule has 0 fully saturated rings. The van der Waals surface area contributed by atoms with E-state index in [1.807, 2.05) is 0 Å². The Morgan fingerprint density at radius 1 is 0.550 bits per heavy atom. The largest absolute Gasteiger partial charge is 0.307 e. The minimum atomic E-state index is -0.201. The summed E-state index contributed by atoms with van der Waals surface area (Å²) in [6.45, 7) is 4.74. The summed E-state index contributed by atoms with van der Waals surface area (Å²) in [5.41, 5.74) is 9.63. The molecule has 192 valence electrons. The van der Waals surface area contributed by atoms with Gasteiger partial charge in [0.1, 0.15) is 5.82 Å². The topological polar surface area (TPSA) is 13.1 Å². The fraction of sp³-hybridized carbons (Fsp3) is 0.0811. The van der Waals surface area contributed by atoms with Crippen LogP contribution in [0.4, 0.5) is 17.2 Å². The molecule has 7 aromatic rings. The normalized spacial score (nSPS) is 13.4. The van der Waals surface area contributed by atoms with E-state index in [1.165, 1.54) is 50.3 Å². The Hall–Kier alpha value is -5.02. The van der Waals surface area contributed by atoms with E-state index < -0.39 is 0 Å². The van der Waals surface area contributed by atoms with Gasteiger partial charge in [-0.2, -0.15) is 0 Å². The standard InChI is InChI=1S/C37H29N3/c1-37(2)30-23-13-15-25-32(30)40-35(37)34-33(29-22-12-14-24-31(29)39(34)28-20-10-5-11-21-28)36(40)38(26-16-6-3-7-17-26)27-18-8-4-9-19-27/h3-25H,1-2H3. The molecule has 3 nitrogen and oxygen atoms in total. The van der Waals surface area contributed by atoms with E-state index in [4.69, 9.17) is 0 Å². The van der Waals surface area contributed by atoms with Gasteiger partial charge in [-0.05, 0) is 54.1 Å². The molecule has 0 saturated carbocycles. The summed E-state index contributed by atoms with van der Waals surface area (Å²) in [6.07, 6.45) is 0. The van der Waals surface area contributed by atoms with Gasteiger partial charge >= 0.3 is 0 Å². The molecule has 0 spiro atoms. The highest BCUT2D eigenvalue weighted by atomic mass is 15.3. The molecule has 0 bridgehead atoms. The van der Waals surface area contributed by atoms with Crippen LogP contribution in [0.2, 0.25) is 0 Å². The molecular weight excluding hydrogens is 486 g/mol. The highest BCUT2D eigenvalue weighted by Gasteiger charge is 2.43. The van der Waals surface area contributed by atoms with Crippen molar-refractivity contribution in [1.29, 1.82) is 0 Å². The van der Waals surface area contributed by atoms with Crippen LogP contribution in [-0.4, -0.2) is 9.13 Å². The van der Waals surface area contributed by atoms with E-state index in [-0.39, 0.29) is 5.41 Å². The zero-order valence-electron chi connectivity index (χ0n) is 22.6. The van der Waals surface area contributed by atoms with Gasteiger partial charge in [0.25, 0.3) is 0 Å². The molecule has 0 radical (unpaired) electrons. The van der Waals surface area contributed by atoms with Crippen LogP contribution in [0.15, 0.2) is 140 Å². The summed E-state index contributed by atoms with van der Waals surface area (Å²) in [5, 5.41) is 2.52. The zero-order valence-corrected chi connectivity index (χ0v) is 22.6. The number of fused-ring (bicyclic) bond motifs is 7. The molecular formula is C37H29N3. The molecule has 3 heterocycles. The lowest BCUT2D eigenvalue weighted by Gasteiger charge is -2.27. The van der Waals surface area contributed by atoms with Gasteiger partial charge in [-0.15, -0.1) is 0 Å². The lowest BCUT2D eigenvalue weighted by molar-refractivity contribution is 0.646. The minimum absolute atomic E-state index is 0.201. The Balaban J connectivity index is 1.63. The summed E-state index contributed by atoms with van der Waals surface area (Å²) in [4.78, 5) is 2.44. The van der Waals surface area contributed by atoms with E-state index in [0.29, 0.717) is 0 Å². The molecule has 0 unspecified atom stereocenters. The summed E-state index contributed by atoms with van der Waals surface area (Å²) in [6, 6.07) is 50.1. The van der Waals surface area contributed by atoms with Crippen molar-refractivity contribution in [2.24, 2.45) is 0 Å². The van der Waals surface area contributed by atoms with Crippen molar-refractivity contribution in [3.63, 3.8) is 0 Å². The SMILES string of the molecule is CC1(C)c2ccccc2-n2c(N(c3ccccc3)c3ccccc3)c3c4ccccc4n(-c4ccccc4)c3c21. The van der Waals surface area contributed by atoms with Gasteiger partial charge in [0, 0.05) is 27.9 Å². The Labute approximate surface area is 234 Å². The Morgan fingerprint density at radius 3 is 1.77 bits per heavy atom. The highest BCUT2D eigenvalue weighted by Crippen LogP contribution is 2.55. The number of para-hydroxylation sites is 5. The van der Waals surface area contributed by atoms with Gasteiger partial charge in [-0.25, -0.2) is 0 Å². The van der Waals surface area contributed by atoms with Crippen LogP contribution in [0.25, 0.3) is 33.2 Å². The average molecular weight is 516 g/mol. The van der Waals surface area contributed by atoms with Crippen molar-refractivity contribution in [3.05, 3.63) is 151 Å². The average Bonchev–Trinajstić information content (AvgIpc) is 3.59. The molecule has 0 atom stereocenters. The molecule has 8 rings (SSSR count). The lowest BCUT2D eigenvalue weighted by Crippen LogP contribution is -2.17. The van der Waals surface area contributed by atoms with Crippen LogP contribution < -0.4 is 4.90 Å². The first-order valence-electron chi connectivity index (χ1n) is 13.9. The third-order valence-electron chi connectivity index (χ3n) is 8.42. The Morgan fingerprint density at radius 2 is 1.10 bits per heavy atom. The van der Waals surface area contributed by atoms with E-state index in [9.17, 15) is 0 Å². The van der Waals surface area contributed by atoms with Crippen molar-refractivity contribution in [2.45, 2.75) is 19.3 Å². The maximum Gasteiger partial charge on any atom is 0.132 e. The third-order valence-corrected chi connectivity index (χ3v) is 8.42. The number of aromatic nitrogens is 2. The van der Waals surface area contributed by atoms with Crippen LogP contribution in [0.1, 0.15) is 25.1 Å². The van der Waals surface area contributed by atoms with E-state index in [2.05, 4.69) is 167 Å². The number of nitrogens with zero attached hydrogens (tertiary/aromatic N) is 3. The van der Waals surface area contributed by atoms with Gasteiger partial charge < -0.3 is 4.57 Å². The first-order chi connectivity index (χ1) is 19.7. The second-order valence-electron chi connectivity index (χ2n) is 11.1. The predicted molar refractivity (Wildman–Crippen MR) is 167 cm³/mol. The monoisotopic (exact) mass is 515 g/mol. The summed E-state index contributed by atoms with van der Waals surface area (Å²) >= 11 is 0. The highest BCUT2D eigenvalue weighted by molar-refractivity contribution is 6.18. The fourth-order valence-corrected chi connectivity index (χ4v) is 6.75. The first kappa shape index (κ1) is 22.9. The summed E-state index contributed by atoms with van der Waals surface area (Å²) in [7, 11) is 0. The molecule has 0 amide bonds. The molecule has 3 heteroatoms. The molecule has 2 aromatic heterocycles. The predicted octanol–water partition coefficient (Wildman–Crippen LogP) is 9.68. The van der Waals surface area contributed by atoms with Crippen LogP contribution in [-0.2, 0) is 5.41 Å². The zero-order chi connectivity index (χ0) is 26.8. The van der Waals surface area contributed by atoms with Crippen LogP contribution >= 0.6 is 0 Å². The molecule has 5 aromatic carbocycles. The maximum atomic E-state index is 2.53. The maximum absolute atomic E-state index is 2.53.